The van der Waals surface area contributed by atoms with Gasteiger partial charge in [-0.2, -0.15) is 0 Å². The number of rotatable bonds is 4. The Balaban J connectivity index is 2.01. The maximum atomic E-state index is 12.1. The van der Waals surface area contributed by atoms with E-state index in [9.17, 15) is 4.79 Å². The largest absolute Gasteiger partial charge is 0.370 e. The third kappa shape index (κ3) is 3.00. The summed E-state index contributed by atoms with van der Waals surface area (Å²) in [5.41, 5.74) is 0.681. The minimum atomic E-state index is 0.00954. The molecule has 1 fully saturated rings. The SMILES string of the molecule is CCNc1cc(C(=O)NC2CCCC2C)ccn1. The molecule has 2 rings (SSSR count). The van der Waals surface area contributed by atoms with Crippen molar-refractivity contribution in [2.24, 2.45) is 5.92 Å². The predicted octanol–water partition coefficient (Wildman–Crippen LogP) is 2.43. The van der Waals surface area contributed by atoms with Gasteiger partial charge in [-0.3, -0.25) is 4.79 Å². The van der Waals surface area contributed by atoms with Crippen LogP contribution in [0.5, 0.6) is 0 Å². The molecule has 2 N–H and O–H groups in total. The van der Waals surface area contributed by atoms with Gasteiger partial charge < -0.3 is 10.6 Å². The van der Waals surface area contributed by atoms with Crippen LogP contribution in [0.4, 0.5) is 5.82 Å². The third-order valence-electron chi connectivity index (χ3n) is 3.56. The molecule has 0 spiro atoms. The summed E-state index contributed by atoms with van der Waals surface area (Å²) in [6.45, 7) is 5.01. The Bertz CT molecular complexity index is 419. The van der Waals surface area contributed by atoms with Crippen LogP contribution in [0.2, 0.25) is 0 Å². The Morgan fingerprint density at radius 3 is 3.00 bits per heavy atom. The first kappa shape index (κ1) is 12.9. The smallest absolute Gasteiger partial charge is 0.251 e. The van der Waals surface area contributed by atoms with E-state index in [1.165, 1.54) is 12.8 Å². The van der Waals surface area contributed by atoms with Crippen molar-refractivity contribution in [3.8, 4) is 0 Å². The zero-order valence-corrected chi connectivity index (χ0v) is 11.1. The van der Waals surface area contributed by atoms with Crippen molar-refractivity contribution in [1.82, 2.24) is 10.3 Å². The van der Waals surface area contributed by atoms with E-state index in [-0.39, 0.29) is 5.91 Å². The van der Waals surface area contributed by atoms with Gasteiger partial charge in [-0.15, -0.1) is 0 Å². The van der Waals surface area contributed by atoms with E-state index in [2.05, 4.69) is 22.5 Å². The molecule has 1 heterocycles. The van der Waals surface area contributed by atoms with Gasteiger partial charge in [0.2, 0.25) is 0 Å². The Morgan fingerprint density at radius 1 is 1.50 bits per heavy atom. The van der Waals surface area contributed by atoms with Crippen LogP contribution >= 0.6 is 0 Å². The van der Waals surface area contributed by atoms with Crippen molar-refractivity contribution in [2.45, 2.75) is 39.2 Å². The van der Waals surface area contributed by atoms with Crippen LogP contribution in [-0.2, 0) is 0 Å². The van der Waals surface area contributed by atoms with E-state index in [1.807, 2.05) is 6.92 Å². The van der Waals surface area contributed by atoms with Gasteiger partial charge in [0, 0.05) is 24.3 Å². The number of carbonyl (C=O) groups excluding carboxylic acids is 1. The molecule has 2 unspecified atom stereocenters. The van der Waals surface area contributed by atoms with Crippen molar-refractivity contribution in [2.75, 3.05) is 11.9 Å². The summed E-state index contributed by atoms with van der Waals surface area (Å²) in [6.07, 6.45) is 5.19. The second-order valence-corrected chi connectivity index (χ2v) is 4.95. The van der Waals surface area contributed by atoms with Gasteiger partial charge in [0.05, 0.1) is 0 Å². The molecule has 0 aromatic carbocycles. The molecular formula is C14H21N3O. The molecule has 0 radical (unpaired) electrons. The van der Waals surface area contributed by atoms with Gasteiger partial charge in [-0.25, -0.2) is 4.98 Å². The average Bonchev–Trinajstić information content (AvgIpc) is 2.76. The zero-order chi connectivity index (χ0) is 13.0. The summed E-state index contributed by atoms with van der Waals surface area (Å²) in [5, 5.41) is 6.23. The molecule has 0 saturated heterocycles. The third-order valence-corrected chi connectivity index (χ3v) is 3.56. The molecular weight excluding hydrogens is 226 g/mol. The van der Waals surface area contributed by atoms with Gasteiger partial charge in [0.25, 0.3) is 5.91 Å². The highest BCUT2D eigenvalue weighted by Gasteiger charge is 2.25. The highest BCUT2D eigenvalue weighted by Crippen LogP contribution is 2.25. The first-order valence-corrected chi connectivity index (χ1v) is 6.71. The molecule has 2 atom stereocenters. The van der Waals surface area contributed by atoms with Gasteiger partial charge in [0.1, 0.15) is 5.82 Å². The van der Waals surface area contributed by atoms with Crippen molar-refractivity contribution in [1.29, 1.82) is 0 Å². The van der Waals surface area contributed by atoms with Crippen LogP contribution in [0.15, 0.2) is 18.3 Å². The van der Waals surface area contributed by atoms with E-state index >= 15 is 0 Å². The number of aromatic nitrogens is 1. The average molecular weight is 247 g/mol. The van der Waals surface area contributed by atoms with Crippen LogP contribution in [0, 0.1) is 5.92 Å². The molecule has 1 saturated carbocycles. The van der Waals surface area contributed by atoms with Gasteiger partial charge in [-0.05, 0) is 37.8 Å². The summed E-state index contributed by atoms with van der Waals surface area (Å²) in [5.74, 6) is 1.35. The van der Waals surface area contributed by atoms with Crippen LogP contribution in [0.25, 0.3) is 0 Å². The van der Waals surface area contributed by atoms with E-state index in [4.69, 9.17) is 0 Å². The second kappa shape index (κ2) is 5.85. The maximum absolute atomic E-state index is 12.1. The fourth-order valence-corrected chi connectivity index (χ4v) is 2.46. The summed E-state index contributed by atoms with van der Waals surface area (Å²) in [4.78, 5) is 16.3. The molecule has 1 aliphatic carbocycles. The van der Waals surface area contributed by atoms with Crippen LogP contribution in [0.1, 0.15) is 43.5 Å². The lowest BCUT2D eigenvalue weighted by Gasteiger charge is -2.17. The highest BCUT2D eigenvalue weighted by atomic mass is 16.1. The number of anilines is 1. The van der Waals surface area contributed by atoms with Crippen LogP contribution in [-0.4, -0.2) is 23.5 Å². The van der Waals surface area contributed by atoms with Crippen LogP contribution in [0.3, 0.4) is 0 Å². The minimum absolute atomic E-state index is 0.00954. The molecule has 1 amide bonds. The number of hydrogen-bond acceptors (Lipinski definition) is 3. The molecule has 18 heavy (non-hydrogen) atoms. The lowest BCUT2D eigenvalue weighted by atomic mass is 10.1. The van der Waals surface area contributed by atoms with E-state index in [0.717, 1.165) is 18.8 Å². The normalized spacial score (nSPS) is 22.8. The standard InChI is InChI=1S/C14H21N3O/c1-3-15-13-9-11(7-8-16-13)14(18)17-12-6-4-5-10(12)2/h7-10,12H,3-6H2,1-2H3,(H,15,16)(H,17,18). The molecule has 4 heteroatoms. The quantitative estimate of drug-likeness (QED) is 0.859. The van der Waals surface area contributed by atoms with E-state index < -0.39 is 0 Å². The van der Waals surface area contributed by atoms with Crippen molar-refractivity contribution < 1.29 is 4.79 Å². The molecule has 0 aliphatic heterocycles. The van der Waals surface area contributed by atoms with E-state index in [0.29, 0.717) is 17.5 Å². The molecule has 1 aromatic heterocycles. The topological polar surface area (TPSA) is 54.0 Å². The molecule has 1 aliphatic rings. The number of carbonyl (C=O) groups is 1. The van der Waals surface area contributed by atoms with Crippen molar-refractivity contribution in [3.05, 3.63) is 23.9 Å². The summed E-state index contributed by atoms with van der Waals surface area (Å²) in [7, 11) is 0. The van der Waals surface area contributed by atoms with E-state index in [1.54, 1.807) is 18.3 Å². The first-order chi connectivity index (χ1) is 8.70. The number of hydrogen-bond donors (Lipinski definition) is 2. The van der Waals surface area contributed by atoms with Crippen LogP contribution < -0.4 is 10.6 Å². The Morgan fingerprint density at radius 2 is 2.33 bits per heavy atom. The Kier molecular flexibility index (Phi) is 4.18. The Labute approximate surface area is 108 Å². The predicted molar refractivity (Wildman–Crippen MR) is 72.7 cm³/mol. The molecule has 98 valence electrons. The monoisotopic (exact) mass is 247 g/mol. The minimum Gasteiger partial charge on any atom is -0.370 e. The van der Waals surface area contributed by atoms with Gasteiger partial charge in [-0.1, -0.05) is 13.3 Å². The summed E-state index contributed by atoms with van der Waals surface area (Å²) < 4.78 is 0. The Hall–Kier alpha value is -1.58. The zero-order valence-electron chi connectivity index (χ0n) is 11.1. The molecule has 0 bridgehead atoms. The van der Waals surface area contributed by atoms with Gasteiger partial charge in [0.15, 0.2) is 0 Å². The number of nitrogens with one attached hydrogen (secondary N) is 2. The first-order valence-electron chi connectivity index (χ1n) is 6.71. The highest BCUT2D eigenvalue weighted by molar-refractivity contribution is 5.95. The van der Waals surface area contributed by atoms with Crippen molar-refractivity contribution >= 4 is 11.7 Å². The number of nitrogens with zero attached hydrogens (tertiary/aromatic N) is 1. The molecule has 4 nitrogen and oxygen atoms in total. The number of amides is 1. The maximum Gasteiger partial charge on any atom is 0.251 e. The molecule has 1 aromatic rings. The lowest BCUT2D eigenvalue weighted by Crippen LogP contribution is -2.36. The van der Waals surface area contributed by atoms with Crippen molar-refractivity contribution in [3.63, 3.8) is 0 Å². The second-order valence-electron chi connectivity index (χ2n) is 4.95. The number of pyridine rings is 1. The fraction of sp³-hybridized carbons (Fsp3) is 0.571. The summed E-state index contributed by atoms with van der Waals surface area (Å²) >= 11 is 0. The lowest BCUT2D eigenvalue weighted by molar-refractivity contribution is 0.0929. The fourth-order valence-electron chi connectivity index (χ4n) is 2.46. The summed E-state index contributed by atoms with van der Waals surface area (Å²) in [6, 6.07) is 3.89. The van der Waals surface area contributed by atoms with Gasteiger partial charge >= 0.3 is 0 Å².